The molecular weight excluding hydrogens is 346 g/mol. The highest BCUT2D eigenvalue weighted by Crippen LogP contribution is 2.24. The second-order valence-corrected chi connectivity index (χ2v) is 6.40. The topological polar surface area (TPSA) is 87.2 Å². The molecular formula is C19H31N5O3. The summed E-state index contributed by atoms with van der Waals surface area (Å²) >= 11 is 0. The van der Waals surface area contributed by atoms with E-state index in [2.05, 4.69) is 38.0 Å². The average molecular weight is 377 g/mol. The maximum atomic E-state index is 11.8. The lowest BCUT2D eigenvalue weighted by molar-refractivity contribution is -0.120. The van der Waals surface area contributed by atoms with Gasteiger partial charge in [0.05, 0.1) is 20.3 Å². The van der Waals surface area contributed by atoms with Crippen LogP contribution < -0.4 is 25.6 Å². The smallest absolute Gasteiger partial charge is 0.239 e. The van der Waals surface area contributed by atoms with Gasteiger partial charge in [-0.3, -0.25) is 9.79 Å². The van der Waals surface area contributed by atoms with Crippen LogP contribution in [0.2, 0.25) is 0 Å². The summed E-state index contributed by atoms with van der Waals surface area (Å²) in [6.45, 7) is 3.06. The third kappa shape index (κ3) is 6.97. The molecule has 27 heavy (non-hydrogen) atoms. The Morgan fingerprint density at radius 1 is 1.33 bits per heavy atom. The Kier molecular flexibility index (Phi) is 8.70. The Morgan fingerprint density at radius 2 is 2.19 bits per heavy atom. The number of hydrogen-bond acceptors (Lipinski definition) is 5. The van der Waals surface area contributed by atoms with E-state index in [-0.39, 0.29) is 18.5 Å². The number of rotatable bonds is 8. The lowest BCUT2D eigenvalue weighted by Gasteiger charge is -2.35. The van der Waals surface area contributed by atoms with Gasteiger partial charge in [-0.15, -0.1) is 0 Å². The fourth-order valence-electron chi connectivity index (χ4n) is 3.04. The number of piperidine rings is 1. The molecule has 3 N–H and O–H groups in total. The SMILES string of the molecule is CN=C(NCC(=O)NCCOC)NC1CCCN(c2cccc(OC)c2)C1. The molecule has 0 aromatic heterocycles. The molecule has 1 atom stereocenters. The first-order chi connectivity index (χ1) is 13.2. The van der Waals surface area contributed by atoms with Gasteiger partial charge in [-0.1, -0.05) is 6.07 Å². The number of nitrogens with zero attached hydrogens (tertiary/aromatic N) is 2. The van der Waals surface area contributed by atoms with Crippen molar-refractivity contribution >= 4 is 17.6 Å². The zero-order valence-corrected chi connectivity index (χ0v) is 16.5. The van der Waals surface area contributed by atoms with Gasteiger partial charge in [0.2, 0.25) is 5.91 Å². The summed E-state index contributed by atoms with van der Waals surface area (Å²) in [5.74, 6) is 1.41. The number of aliphatic imine (C=N–C) groups is 1. The van der Waals surface area contributed by atoms with Crippen LogP contribution in [0, 0.1) is 0 Å². The second kappa shape index (κ2) is 11.3. The van der Waals surface area contributed by atoms with Crippen LogP contribution in [0.1, 0.15) is 12.8 Å². The van der Waals surface area contributed by atoms with Gasteiger partial charge in [-0.25, -0.2) is 0 Å². The minimum Gasteiger partial charge on any atom is -0.497 e. The summed E-state index contributed by atoms with van der Waals surface area (Å²) in [6.07, 6.45) is 2.14. The van der Waals surface area contributed by atoms with E-state index in [9.17, 15) is 4.79 Å². The van der Waals surface area contributed by atoms with E-state index >= 15 is 0 Å². The van der Waals surface area contributed by atoms with E-state index in [1.807, 2.05) is 12.1 Å². The van der Waals surface area contributed by atoms with Gasteiger partial charge in [-0.05, 0) is 25.0 Å². The van der Waals surface area contributed by atoms with Crippen LogP contribution in [0.25, 0.3) is 0 Å². The first-order valence-electron chi connectivity index (χ1n) is 9.28. The highest BCUT2D eigenvalue weighted by molar-refractivity contribution is 5.86. The molecule has 1 aromatic rings. The lowest BCUT2D eigenvalue weighted by atomic mass is 10.0. The number of carbonyl (C=O) groups excluding carboxylic acids is 1. The van der Waals surface area contributed by atoms with E-state index in [4.69, 9.17) is 9.47 Å². The summed E-state index contributed by atoms with van der Waals surface area (Å²) in [6, 6.07) is 8.37. The normalized spacial score (nSPS) is 17.4. The molecule has 0 spiro atoms. The molecule has 1 heterocycles. The van der Waals surface area contributed by atoms with Crippen LogP contribution in [-0.4, -0.2) is 72.0 Å². The quantitative estimate of drug-likeness (QED) is 0.349. The van der Waals surface area contributed by atoms with Gasteiger partial charge in [0.1, 0.15) is 5.75 Å². The Bertz CT molecular complexity index is 623. The number of ether oxygens (including phenoxy) is 2. The van der Waals surface area contributed by atoms with E-state index < -0.39 is 0 Å². The van der Waals surface area contributed by atoms with Gasteiger partial charge in [0, 0.05) is 51.6 Å². The number of nitrogens with one attached hydrogen (secondary N) is 3. The molecule has 150 valence electrons. The number of carbonyl (C=O) groups is 1. The Labute approximate surface area is 161 Å². The minimum atomic E-state index is -0.0864. The number of guanidine groups is 1. The van der Waals surface area contributed by atoms with Crippen LogP contribution in [0.4, 0.5) is 5.69 Å². The summed E-state index contributed by atoms with van der Waals surface area (Å²) in [7, 11) is 5.00. The molecule has 1 unspecified atom stereocenters. The van der Waals surface area contributed by atoms with Crippen molar-refractivity contribution in [3.8, 4) is 5.75 Å². The average Bonchev–Trinajstić information content (AvgIpc) is 2.71. The Hall–Kier alpha value is -2.48. The molecule has 8 heteroatoms. The van der Waals surface area contributed by atoms with Crippen LogP contribution in [0.5, 0.6) is 5.75 Å². The second-order valence-electron chi connectivity index (χ2n) is 6.40. The molecule has 1 aliphatic heterocycles. The number of methoxy groups -OCH3 is 2. The van der Waals surface area contributed by atoms with Crippen LogP contribution in [0.3, 0.4) is 0 Å². The summed E-state index contributed by atoms with van der Waals surface area (Å²) in [5.41, 5.74) is 1.15. The van der Waals surface area contributed by atoms with E-state index in [0.29, 0.717) is 19.1 Å². The number of anilines is 1. The Balaban J connectivity index is 1.83. The molecule has 1 aliphatic rings. The van der Waals surface area contributed by atoms with Gasteiger partial charge in [0.25, 0.3) is 0 Å². The van der Waals surface area contributed by atoms with Crippen molar-refractivity contribution in [1.82, 2.24) is 16.0 Å². The van der Waals surface area contributed by atoms with Gasteiger partial charge in [0.15, 0.2) is 5.96 Å². The van der Waals surface area contributed by atoms with Crippen LogP contribution in [0.15, 0.2) is 29.3 Å². The number of amides is 1. The third-order valence-corrected chi connectivity index (χ3v) is 4.45. The van der Waals surface area contributed by atoms with E-state index in [0.717, 1.165) is 37.4 Å². The fraction of sp³-hybridized carbons (Fsp3) is 0.579. The molecule has 1 aromatic carbocycles. The van der Waals surface area contributed by atoms with Crippen molar-refractivity contribution in [1.29, 1.82) is 0 Å². The standard InChI is InChI=1S/C19H31N5O3/c1-20-19(22-13-18(25)21-9-11-26-2)23-15-6-5-10-24(14-15)16-7-4-8-17(12-16)27-3/h4,7-8,12,15H,5-6,9-11,13-14H2,1-3H3,(H,21,25)(H2,20,22,23). The monoisotopic (exact) mass is 377 g/mol. The predicted molar refractivity (Wildman–Crippen MR) is 108 cm³/mol. The van der Waals surface area contributed by atoms with Crippen LogP contribution >= 0.6 is 0 Å². The van der Waals surface area contributed by atoms with Gasteiger partial charge < -0.3 is 30.3 Å². The number of benzene rings is 1. The van der Waals surface area contributed by atoms with Crippen molar-refractivity contribution in [3.05, 3.63) is 24.3 Å². The first-order valence-corrected chi connectivity index (χ1v) is 9.28. The lowest BCUT2D eigenvalue weighted by Crippen LogP contribution is -2.52. The maximum absolute atomic E-state index is 11.8. The van der Waals surface area contributed by atoms with Crippen molar-refractivity contribution in [2.75, 3.05) is 59.0 Å². The fourth-order valence-corrected chi connectivity index (χ4v) is 3.04. The molecule has 0 saturated carbocycles. The van der Waals surface area contributed by atoms with Gasteiger partial charge in [-0.2, -0.15) is 0 Å². The van der Waals surface area contributed by atoms with Crippen molar-refractivity contribution < 1.29 is 14.3 Å². The Morgan fingerprint density at radius 3 is 2.93 bits per heavy atom. The number of hydrogen-bond donors (Lipinski definition) is 3. The zero-order valence-electron chi connectivity index (χ0n) is 16.5. The molecule has 0 radical (unpaired) electrons. The highest BCUT2D eigenvalue weighted by atomic mass is 16.5. The summed E-state index contributed by atoms with van der Waals surface area (Å²) < 4.78 is 10.2. The molecule has 1 saturated heterocycles. The highest BCUT2D eigenvalue weighted by Gasteiger charge is 2.21. The molecule has 2 rings (SSSR count). The zero-order chi connectivity index (χ0) is 19.5. The summed E-state index contributed by atoms with van der Waals surface area (Å²) in [4.78, 5) is 18.4. The van der Waals surface area contributed by atoms with Crippen LogP contribution in [-0.2, 0) is 9.53 Å². The van der Waals surface area contributed by atoms with E-state index in [1.54, 1.807) is 21.3 Å². The molecule has 1 fully saturated rings. The minimum absolute atomic E-state index is 0.0864. The maximum Gasteiger partial charge on any atom is 0.239 e. The van der Waals surface area contributed by atoms with Crippen molar-refractivity contribution in [2.24, 2.45) is 4.99 Å². The molecule has 0 bridgehead atoms. The van der Waals surface area contributed by atoms with E-state index in [1.165, 1.54) is 0 Å². The molecule has 0 aliphatic carbocycles. The predicted octanol–water partition coefficient (Wildman–Crippen LogP) is 0.592. The molecule has 8 nitrogen and oxygen atoms in total. The third-order valence-electron chi connectivity index (χ3n) is 4.45. The summed E-state index contributed by atoms with van der Waals surface area (Å²) in [5, 5.41) is 9.26. The largest absolute Gasteiger partial charge is 0.497 e. The van der Waals surface area contributed by atoms with Gasteiger partial charge >= 0.3 is 0 Å². The van der Waals surface area contributed by atoms with Crippen molar-refractivity contribution in [2.45, 2.75) is 18.9 Å². The van der Waals surface area contributed by atoms with Crippen molar-refractivity contribution in [3.63, 3.8) is 0 Å². The molecule has 1 amide bonds. The first kappa shape index (κ1) is 20.8.